The zero-order valence-corrected chi connectivity index (χ0v) is 10.2. The Bertz CT molecular complexity index is 433. The van der Waals surface area contributed by atoms with E-state index in [0.717, 1.165) is 5.56 Å². The topological polar surface area (TPSA) is 94.3 Å². The van der Waals surface area contributed by atoms with Crippen LogP contribution in [0.3, 0.4) is 0 Å². The van der Waals surface area contributed by atoms with Crippen LogP contribution in [0.5, 0.6) is 0 Å². The fourth-order valence-electron chi connectivity index (χ4n) is 0.895. The third-order valence-corrected chi connectivity index (χ3v) is 2.03. The van der Waals surface area contributed by atoms with Gasteiger partial charge >= 0.3 is 12.3 Å². The highest BCUT2D eigenvalue weighted by Crippen LogP contribution is 2.09. The number of benzene rings is 1. The average Bonchev–Trinajstić information content (AvgIpc) is 2.24. The van der Waals surface area contributed by atoms with Crippen LogP contribution in [0.1, 0.15) is 16.7 Å². The number of hydrogen-bond acceptors (Lipinski definition) is 5. The first kappa shape index (κ1) is 17.3. The molecule has 90 valence electrons. The van der Waals surface area contributed by atoms with E-state index in [1.165, 1.54) is 11.1 Å². The van der Waals surface area contributed by atoms with Crippen LogP contribution in [-0.4, -0.2) is 17.3 Å². The first-order valence-corrected chi connectivity index (χ1v) is 4.71. The second-order valence-electron chi connectivity index (χ2n) is 2.83. The number of hydrogen-bond donors (Lipinski definition) is 1. The van der Waals surface area contributed by atoms with E-state index in [4.69, 9.17) is 37.1 Å². The van der Waals surface area contributed by atoms with E-state index in [9.17, 15) is 0 Å². The number of rotatable bonds is 1. The Morgan fingerprint density at radius 2 is 1.47 bits per heavy atom. The highest BCUT2D eigenvalue weighted by Gasteiger charge is 1.97. The highest BCUT2D eigenvalue weighted by atomic mass is 32.1. The molecule has 6 heteroatoms. The molecule has 0 aromatic heterocycles. The third-order valence-electron chi connectivity index (χ3n) is 1.79. The van der Waals surface area contributed by atoms with Gasteiger partial charge in [-0.1, -0.05) is 24.4 Å². The predicted molar refractivity (Wildman–Crippen MR) is 61.8 cm³/mol. The van der Waals surface area contributed by atoms with E-state index in [-0.39, 0.29) is 12.3 Å². The molecule has 0 radical (unpaired) electrons. The zero-order chi connectivity index (χ0) is 13.8. The molecule has 0 spiro atoms. The SMILES string of the molecule is Cc1ccc(C(N)=S)cc1C.O=C=O.O=C=O. The van der Waals surface area contributed by atoms with E-state index in [1.807, 2.05) is 18.2 Å². The second kappa shape index (κ2) is 10.4. The van der Waals surface area contributed by atoms with E-state index >= 15 is 0 Å². The summed E-state index contributed by atoms with van der Waals surface area (Å²) in [4.78, 5) is 33.0. The molecular formula is C11H11NO4S. The molecule has 1 aromatic rings. The van der Waals surface area contributed by atoms with Gasteiger partial charge in [-0.25, -0.2) is 0 Å². The zero-order valence-electron chi connectivity index (χ0n) is 9.35. The molecule has 1 rings (SSSR count). The van der Waals surface area contributed by atoms with Crippen molar-refractivity contribution < 1.29 is 19.2 Å². The Balaban J connectivity index is 0. The van der Waals surface area contributed by atoms with Gasteiger partial charge in [0.15, 0.2) is 0 Å². The van der Waals surface area contributed by atoms with Crippen molar-refractivity contribution in [3.05, 3.63) is 34.9 Å². The molecule has 17 heavy (non-hydrogen) atoms. The quantitative estimate of drug-likeness (QED) is 0.743. The molecule has 0 fully saturated rings. The monoisotopic (exact) mass is 253 g/mol. The van der Waals surface area contributed by atoms with Gasteiger partial charge in [0, 0.05) is 5.56 Å². The van der Waals surface area contributed by atoms with Crippen LogP contribution in [0.4, 0.5) is 0 Å². The summed E-state index contributed by atoms with van der Waals surface area (Å²) < 4.78 is 0. The van der Waals surface area contributed by atoms with Gasteiger partial charge in [0.1, 0.15) is 4.99 Å². The van der Waals surface area contributed by atoms with Crippen LogP contribution in [0.2, 0.25) is 0 Å². The molecule has 0 amide bonds. The van der Waals surface area contributed by atoms with Crippen LogP contribution in [0.25, 0.3) is 0 Å². The highest BCUT2D eigenvalue weighted by molar-refractivity contribution is 7.80. The molecule has 0 saturated heterocycles. The van der Waals surface area contributed by atoms with Crippen molar-refractivity contribution in [2.45, 2.75) is 13.8 Å². The smallest absolute Gasteiger partial charge is 0.373 e. The van der Waals surface area contributed by atoms with Crippen LogP contribution in [0.15, 0.2) is 18.2 Å². The van der Waals surface area contributed by atoms with Crippen molar-refractivity contribution >= 4 is 29.5 Å². The Hall–Kier alpha value is -2.13. The van der Waals surface area contributed by atoms with Crippen molar-refractivity contribution in [3.8, 4) is 0 Å². The largest absolute Gasteiger partial charge is 0.389 e. The maximum atomic E-state index is 8.12. The van der Waals surface area contributed by atoms with Gasteiger partial charge in [-0.15, -0.1) is 0 Å². The molecule has 0 unspecified atom stereocenters. The van der Waals surface area contributed by atoms with Gasteiger partial charge in [0.25, 0.3) is 0 Å². The van der Waals surface area contributed by atoms with E-state index in [2.05, 4.69) is 13.8 Å². The van der Waals surface area contributed by atoms with Gasteiger partial charge in [-0.3, -0.25) is 0 Å². The molecule has 2 N–H and O–H groups in total. The minimum atomic E-state index is 0.250. The Kier molecular flexibility index (Phi) is 10.6. The van der Waals surface area contributed by atoms with E-state index in [1.54, 1.807) is 0 Å². The lowest BCUT2D eigenvalue weighted by Crippen LogP contribution is -2.09. The fourth-order valence-corrected chi connectivity index (χ4v) is 1.02. The summed E-state index contributed by atoms with van der Waals surface area (Å²) in [6.45, 7) is 4.12. The van der Waals surface area contributed by atoms with Crippen molar-refractivity contribution in [1.82, 2.24) is 0 Å². The maximum absolute atomic E-state index is 8.12. The van der Waals surface area contributed by atoms with E-state index < -0.39 is 0 Å². The minimum Gasteiger partial charge on any atom is -0.389 e. The Labute approximate surface area is 104 Å². The number of nitrogens with two attached hydrogens (primary N) is 1. The van der Waals surface area contributed by atoms with Crippen molar-refractivity contribution in [2.24, 2.45) is 5.73 Å². The van der Waals surface area contributed by atoms with Crippen molar-refractivity contribution in [2.75, 3.05) is 0 Å². The summed E-state index contributed by atoms with van der Waals surface area (Å²) in [5.74, 6) is 0. The van der Waals surface area contributed by atoms with Crippen LogP contribution in [-0.2, 0) is 19.2 Å². The molecule has 0 atom stereocenters. The maximum Gasteiger partial charge on any atom is 0.373 e. The van der Waals surface area contributed by atoms with E-state index in [0.29, 0.717) is 4.99 Å². The van der Waals surface area contributed by atoms with Gasteiger partial charge in [0.2, 0.25) is 0 Å². The molecule has 0 bridgehead atoms. The fraction of sp³-hybridized carbons (Fsp3) is 0.182. The van der Waals surface area contributed by atoms with Gasteiger partial charge < -0.3 is 5.73 Å². The van der Waals surface area contributed by atoms with Crippen molar-refractivity contribution in [1.29, 1.82) is 0 Å². The lowest BCUT2D eigenvalue weighted by Gasteiger charge is -2.02. The van der Waals surface area contributed by atoms with Crippen molar-refractivity contribution in [3.63, 3.8) is 0 Å². The summed E-state index contributed by atoms with van der Waals surface area (Å²) >= 11 is 4.84. The first-order chi connectivity index (χ1) is 7.94. The summed E-state index contributed by atoms with van der Waals surface area (Å²) in [6.07, 6.45) is 0.500. The molecule has 1 aromatic carbocycles. The van der Waals surface area contributed by atoms with Gasteiger partial charge in [0.05, 0.1) is 0 Å². The minimum absolute atomic E-state index is 0.250. The summed E-state index contributed by atoms with van der Waals surface area (Å²) in [5.41, 5.74) is 8.91. The second-order valence-corrected chi connectivity index (χ2v) is 3.27. The lowest BCUT2D eigenvalue weighted by molar-refractivity contribution is -0.193. The lowest BCUT2D eigenvalue weighted by atomic mass is 10.1. The Morgan fingerprint density at radius 1 is 1.06 bits per heavy atom. The van der Waals surface area contributed by atoms with Crippen LogP contribution in [0, 0.1) is 13.8 Å². The molecule has 0 heterocycles. The third kappa shape index (κ3) is 8.84. The molecule has 5 nitrogen and oxygen atoms in total. The average molecular weight is 253 g/mol. The van der Waals surface area contributed by atoms with Crippen LogP contribution < -0.4 is 5.73 Å². The molecule has 0 aliphatic carbocycles. The number of thiocarbonyl (C=S) groups is 1. The molecule has 0 aliphatic heterocycles. The van der Waals surface area contributed by atoms with Gasteiger partial charge in [-0.05, 0) is 31.0 Å². The number of aryl methyl sites for hydroxylation is 2. The van der Waals surface area contributed by atoms with Gasteiger partial charge in [-0.2, -0.15) is 19.2 Å². The predicted octanol–water partition coefficient (Wildman–Crippen LogP) is 0.771. The molecule has 0 saturated carbocycles. The summed E-state index contributed by atoms with van der Waals surface area (Å²) in [6, 6.07) is 5.99. The number of carbonyl (C=O) groups excluding carboxylic acids is 4. The Morgan fingerprint density at radius 3 is 1.76 bits per heavy atom. The molecular weight excluding hydrogens is 242 g/mol. The summed E-state index contributed by atoms with van der Waals surface area (Å²) in [7, 11) is 0. The first-order valence-electron chi connectivity index (χ1n) is 4.30. The standard InChI is InChI=1S/C9H11NS.2CO2/c1-6-3-4-8(9(10)11)5-7(6)2;2*2-1-3/h3-5H,1-2H3,(H2,10,11);;. The normalized spacial score (nSPS) is 7.18. The molecule has 0 aliphatic rings. The summed E-state index contributed by atoms with van der Waals surface area (Å²) in [5, 5.41) is 0. The van der Waals surface area contributed by atoms with Crippen LogP contribution >= 0.6 is 12.2 Å².